The molecule has 0 aliphatic heterocycles. The molecule has 0 amide bonds. The minimum atomic E-state index is -0.283. The Balaban J connectivity index is 1.14. The molecule has 6 heteroatoms. The lowest BCUT2D eigenvalue weighted by Gasteiger charge is -2.72. The first-order valence-corrected chi connectivity index (χ1v) is 13.6. The third-order valence-electron chi connectivity index (χ3n) is 9.52. The van der Waals surface area contributed by atoms with Crippen LogP contribution in [0.2, 0.25) is 5.02 Å². The van der Waals surface area contributed by atoms with E-state index in [0.29, 0.717) is 23.6 Å². The summed E-state index contributed by atoms with van der Waals surface area (Å²) >= 11 is 6.48. The summed E-state index contributed by atoms with van der Waals surface area (Å²) in [5.41, 5.74) is 4.58. The van der Waals surface area contributed by atoms with E-state index in [1.54, 1.807) is 0 Å². The van der Waals surface area contributed by atoms with Crippen molar-refractivity contribution >= 4 is 34.3 Å². The summed E-state index contributed by atoms with van der Waals surface area (Å²) < 4.78 is 7.15. The lowest BCUT2D eigenvalue weighted by Crippen LogP contribution is -2.69. The minimum Gasteiger partial charge on any atom is -0.469 e. The van der Waals surface area contributed by atoms with Gasteiger partial charge >= 0.3 is 5.97 Å². The van der Waals surface area contributed by atoms with Crippen LogP contribution in [0.1, 0.15) is 54.6 Å². The van der Waals surface area contributed by atoms with Gasteiger partial charge in [-0.2, -0.15) is 0 Å². The first-order valence-electron chi connectivity index (χ1n) is 13.3. The Morgan fingerprint density at radius 3 is 2.42 bits per heavy atom. The van der Waals surface area contributed by atoms with E-state index in [2.05, 4.69) is 22.8 Å². The van der Waals surface area contributed by atoms with Gasteiger partial charge in [-0.05, 0) is 72.8 Å². The highest BCUT2D eigenvalue weighted by Crippen LogP contribution is 2.85. The lowest BCUT2D eigenvalue weighted by molar-refractivity contribution is -0.251. The fraction of sp³-hybridized carbons (Fsp3) is 0.344. The number of rotatable bonds is 8. The summed E-state index contributed by atoms with van der Waals surface area (Å²) in [6, 6.07) is 20.1. The molecule has 4 aromatic rings. The molecule has 5 nitrogen and oxygen atoms in total. The number of Topliss-reactive ketones (excluding diaryl/α,β-unsaturated/α-hetero) is 1. The van der Waals surface area contributed by atoms with E-state index in [0.717, 1.165) is 59.8 Å². The number of carbonyl (C=O) groups is 2. The highest BCUT2D eigenvalue weighted by molar-refractivity contribution is 6.32. The van der Waals surface area contributed by atoms with E-state index in [9.17, 15) is 9.59 Å². The number of benzene rings is 2. The second kappa shape index (κ2) is 8.28. The van der Waals surface area contributed by atoms with Gasteiger partial charge in [0.1, 0.15) is 0 Å². The molecule has 2 heterocycles. The smallest absolute Gasteiger partial charge is 0.311 e. The molecule has 0 unspecified atom stereocenters. The number of hydrogen-bond acceptors (Lipinski definition) is 4. The molecule has 4 aliphatic rings. The van der Waals surface area contributed by atoms with Crippen LogP contribution in [-0.4, -0.2) is 28.4 Å². The van der Waals surface area contributed by atoms with Crippen LogP contribution in [-0.2, 0) is 16.1 Å². The van der Waals surface area contributed by atoms with Crippen LogP contribution in [0, 0.1) is 16.2 Å². The summed E-state index contributed by atoms with van der Waals surface area (Å²) in [4.78, 5) is 30.8. The van der Waals surface area contributed by atoms with Crippen LogP contribution in [0.4, 0.5) is 0 Å². The van der Waals surface area contributed by atoms with Gasteiger partial charge in [0.2, 0.25) is 0 Å². The third-order valence-corrected chi connectivity index (χ3v) is 9.73. The van der Waals surface area contributed by atoms with Gasteiger partial charge in [0.25, 0.3) is 0 Å². The molecular formula is C32H29ClN2O3. The Kier molecular flexibility index (Phi) is 5.15. The number of methoxy groups -OCH3 is 1. The van der Waals surface area contributed by atoms with E-state index >= 15 is 0 Å². The predicted molar refractivity (Wildman–Crippen MR) is 147 cm³/mol. The molecule has 4 aliphatic carbocycles. The quantitative estimate of drug-likeness (QED) is 0.182. The molecule has 0 N–H and O–H groups in total. The zero-order valence-electron chi connectivity index (χ0n) is 21.4. The van der Waals surface area contributed by atoms with E-state index < -0.39 is 0 Å². The molecule has 2 aromatic heterocycles. The average Bonchev–Trinajstić information content (AvgIpc) is 3.54. The van der Waals surface area contributed by atoms with Crippen LogP contribution in [0.15, 0.2) is 73.1 Å². The molecule has 8 rings (SSSR count). The van der Waals surface area contributed by atoms with Gasteiger partial charge in [-0.25, -0.2) is 0 Å². The largest absolute Gasteiger partial charge is 0.469 e. The monoisotopic (exact) mass is 524 g/mol. The Bertz CT molecular complexity index is 1560. The summed E-state index contributed by atoms with van der Waals surface area (Å²) in [6.07, 6.45) is 9.13. The molecule has 4 fully saturated rings. The topological polar surface area (TPSA) is 61.2 Å². The summed E-state index contributed by atoms with van der Waals surface area (Å²) in [6.45, 7) is 0.567. The van der Waals surface area contributed by atoms with Gasteiger partial charge in [-0.1, -0.05) is 48.0 Å². The van der Waals surface area contributed by atoms with Crippen molar-refractivity contribution in [3.05, 3.63) is 89.3 Å². The first-order chi connectivity index (χ1) is 18.4. The van der Waals surface area contributed by atoms with Crippen LogP contribution in [0.25, 0.3) is 22.0 Å². The highest BCUT2D eigenvalue weighted by atomic mass is 35.5. The fourth-order valence-electron chi connectivity index (χ4n) is 7.38. The third kappa shape index (κ3) is 3.48. The average molecular weight is 525 g/mol. The van der Waals surface area contributed by atoms with Gasteiger partial charge in [0.05, 0.1) is 30.3 Å². The summed E-state index contributed by atoms with van der Waals surface area (Å²) in [7, 11) is 1.47. The maximum atomic E-state index is 13.9. The molecule has 0 spiro atoms. The zero-order chi connectivity index (χ0) is 26.1. The second-order valence-corrected chi connectivity index (χ2v) is 12.1. The molecule has 38 heavy (non-hydrogen) atoms. The van der Waals surface area contributed by atoms with Crippen molar-refractivity contribution in [1.82, 2.24) is 9.55 Å². The molecule has 0 atom stereocenters. The SMILES string of the molecule is COC(=O)C12CC(C3(CC(=O)c4cc(Cl)cc5ccn(Cc6ccc(-c7ccccc7)cn6)c45)CC3)(C1)C2. The number of aromatic nitrogens is 2. The van der Waals surface area contributed by atoms with Crippen molar-refractivity contribution in [3.8, 4) is 11.1 Å². The standard InChI is InChI=1S/C32H29ClN2O3/c1-38-29(37)30-18-32(19-30,20-30)31(10-11-31)15-27(36)26-14-24(33)13-22-9-12-35(28(22)26)17-25-8-7-23(16-34-25)21-5-3-2-4-6-21/h2-9,12-14,16H,10-11,15,17-20H2,1H3. The fourth-order valence-corrected chi connectivity index (χ4v) is 7.61. The number of halogens is 1. The summed E-state index contributed by atoms with van der Waals surface area (Å²) in [5, 5.41) is 1.53. The number of carbonyl (C=O) groups excluding carboxylic acids is 2. The predicted octanol–water partition coefficient (Wildman–Crippen LogP) is 7.10. The van der Waals surface area contributed by atoms with E-state index in [4.69, 9.17) is 21.3 Å². The number of nitrogens with zero attached hydrogens (tertiary/aromatic N) is 2. The number of esters is 1. The van der Waals surface area contributed by atoms with Crippen molar-refractivity contribution in [3.63, 3.8) is 0 Å². The molecular weight excluding hydrogens is 496 g/mol. The number of fused-ring (bicyclic) bond motifs is 1. The Morgan fingerprint density at radius 2 is 1.76 bits per heavy atom. The normalized spacial score (nSPS) is 24.4. The lowest BCUT2D eigenvalue weighted by atomic mass is 9.30. The Morgan fingerprint density at radius 1 is 1.00 bits per heavy atom. The maximum Gasteiger partial charge on any atom is 0.311 e. The van der Waals surface area contributed by atoms with Crippen molar-refractivity contribution in [2.45, 2.75) is 45.1 Å². The molecule has 2 aromatic carbocycles. The number of ether oxygens (including phenoxy) is 1. The van der Waals surface area contributed by atoms with Crippen LogP contribution in [0.5, 0.6) is 0 Å². The Hall–Kier alpha value is -3.44. The van der Waals surface area contributed by atoms with Crippen LogP contribution >= 0.6 is 11.6 Å². The minimum absolute atomic E-state index is 0.0146. The summed E-state index contributed by atoms with van der Waals surface area (Å²) in [5.74, 6) is 0.0560. The number of hydrogen-bond donors (Lipinski definition) is 0. The molecule has 0 radical (unpaired) electrons. The molecule has 2 bridgehead atoms. The van der Waals surface area contributed by atoms with Gasteiger partial charge < -0.3 is 9.30 Å². The van der Waals surface area contributed by atoms with Crippen LogP contribution in [0.3, 0.4) is 0 Å². The number of pyridine rings is 1. The maximum absolute atomic E-state index is 13.9. The van der Waals surface area contributed by atoms with Crippen molar-refractivity contribution in [1.29, 1.82) is 0 Å². The van der Waals surface area contributed by atoms with E-state index in [1.807, 2.05) is 54.9 Å². The van der Waals surface area contributed by atoms with Crippen molar-refractivity contribution in [2.24, 2.45) is 16.2 Å². The first kappa shape index (κ1) is 23.7. The van der Waals surface area contributed by atoms with E-state index in [-0.39, 0.29) is 28.0 Å². The van der Waals surface area contributed by atoms with Crippen molar-refractivity contribution in [2.75, 3.05) is 7.11 Å². The van der Waals surface area contributed by atoms with Gasteiger partial charge in [-0.3, -0.25) is 14.6 Å². The number of ketones is 1. The van der Waals surface area contributed by atoms with Crippen LogP contribution < -0.4 is 0 Å². The Labute approximate surface area is 226 Å². The molecule has 0 saturated heterocycles. The molecule has 192 valence electrons. The van der Waals surface area contributed by atoms with E-state index in [1.165, 1.54) is 7.11 Å². The van der Waals surface area contributed by atoms with Gasteiger partial charge in [0, 0.05) is 40.4 Å². The highest BCUT2D eigenvalue weighted by Gasteiger charge is 2.80. The van der Waals surface area contributed by atoms with Gasteiger partial charge in [0.15, 0.2) is 5.78 Å². The van der Waals surface area contributed by atoms with Gasteiger partial charge in [-0.15, -0.1) is 0 Å². The second-order valence-electron chi connectivity index (χ2n) is 11.7. The molecule has 4 saturated carbocycles. The van der Waals surface area contributed by atoms with Crippen molar-refractivity contribution < 1.29 is 14.3 Å². The zero-order valence-corrected chi connectivity index (χ0v) is 22.1.